The van der Waals surface area contributed by atoms with E-state index in [9.17, 15) is 0 Å². The Morgan fingerprint density at radius 1 is 1.37 bits per heavy atom. The Bertz CT molecular complexity index is 553. The minimum atomic E-state index is 0.177. The van der Waals surface area contributed by atoms with Crippen LogP contribution in [0.4, 0.5) is 0 Å². The van der Waals surface area contributed by atoms with Crippen LogP contribution in [0.2, 0.25) is 0 Å². The van der Waals surface area contributed by atoms with Crippen LogP contribution in [0, 0.1) is 0 Å². The maximum Gasteiger partial charge on any atom is 0.0719 e. The predicted octanol–water partition coefficient (Wildman–Crippen LogP) is 3.23. The quantitative estimate of drug-likeness (QED) is 0.856. The van der Waals surface area contributed by atoms with Crippen molar-refractivity contribution in [1.82, 2.24) is 20.1 Å². The number of hydrogen-bond acceptors (Lipinski definition) is 3. The van der Waals surface area contributed by atoms with Gasteiger partial charge in [-0.2, -0.15) is 5.10 Å². The molecule has 1 unspecified atom stereocenters. The SMILES string of the molecule is CCNC(Cc1cnn(C)c1)c1ncc(Br)cc1Br. The van der Waals surface area contributed by atoms with Crippen molar-refractivity contribution in [3.8, 4) is 0 Å². The highest BCUT2D eigenvalue weighted by molar-refractivity contribution is 9.11. The van der Waals surface area contributed by atoms with E-state index >= 15 is 0 Å². The first kappa shape index (κ1) is 14.7. The van der Waals surface area contributed by atoms with Crippen molar-refractivity contribution < 1.29 is 0 Å². The molecule has 2 aromatic rings. The normalized spacial score (nSPS) is 12.6. The lowest BCUT2D eigenvalue weighted by atomic mass is 10.1. The highest BCUT2D eigenvalue weighted by Crippen LogP contribution is 2.26. The summed E-state index contributed by atoms with van der Waals surface area (Å²) in [4.78, 5) is 4.52. The second-order valence-electron chi connectivity index (χ2n) is 4.36. The maximum atomic E-state index is 4.52. The molecular weight excluding hydrogens is 372 g/mol. The molecule has 0 aliphatic carbocycles. The van der Waals surface area contributed by atoms with Gasteiger partial charge in [0.2, 0.25) is 0 Å². The van der Waals surface area contributed by atoms with Crippen LogP contribution in [0.5, 0.6) is 0 Å². The van der Waals surface area contributed by atoms with Gasteiger partial charge in [0.05, 0.1) is 17.9 Å². The highest BCUT2D eigenvalue weighted by Gasteiger charge is 2.16. The molecule has 0 aliphatic rings. The van der Waals surface area contributed by atoms with E-state index in [4.69, 9.17) is 0 Å². The highest BCUT2D eigenvalue weighted by atomic mass is 79.9. The largest absolute Gasteiger partial charge is 0.309 e. The van der Waals surface area contributed by atoms with E-state index in [-0.39, 0.29) is 6.04 Å². The molecule has 0 bridgehead atoms. The third-order valence-corrected chi connectivity index (χ3v) is 3.88. The van der Waals surface area contributed by atoms with Crippen molar-refractivity contribution in [3.63, 3.8) is 0 Å². The van der Waals surface area contributed by atoms with Crippen molar-refractivity contribution in [3.05, 3.63) is 44.9 Å². The summed E-state index contributed by atoms with van der Waals surface area (Å²) in [5, 5.41) is 7.68. The molecule has 0 aromatic carbocycles. The second-order valence-corrected chi connectivity index (χ2v) is 6.13. The minimum Gasteiger partial charge on any atom is -0.309 e. The molecule has 0 radical (unpaired) electrons. The van der Waals surface area contributed by atoms with Gasteiger partial charge in [0, 0.05) is 28.4 Å². The molecule has 1 atom stereocenters. The van der Waals surface area contributed by atoms with Crippen LogP contribution in [-0.2, 0) is 13.5 Å². The molecule has 0 saturated carbocycles. The average molecular weight is 388 g/mol. The summed E-state index contributed by atoms with van der Waals surface area (Å²) in [6, 6.07) is 2.20. The lowest BCUT2D eigenvalue weighted by Crippen LogP contribution is -2.24. The molecule has 0 amide bonds. The summed E-state index contributed by atoms with van der Waals surface area (Å²) in [5.74, 6) is 0. The first-order chi connectivity index (χ1) is 9.10. The lowest BCUT2D eigenvalue weighted by Gasteiger charge is -2.18. The van der Waals surface area contributed by atoms with E-state index in [1.54, 1.807) is 0 Å². The van der Waals surface area contributed by atoms with Crippen LogP contribution < -0.4 is 5.32 Å². The van der Waals surface area contributed by atoms with Gasteiger partial charge in [-0.05, 0) is 56.5 Å². The van der Waals surface area contributed by atoms with Gasteiger partial charge >= 0.3 is 0 Å². The van der Waals surface area contributed by atoms with Gasteiger partial charge in [-0.25, -0.2) is 0 Å². The molecule has 0 spiro atoms. The van der Waals surface area contributed by atoms with Crippen molar-refractivity contribution in [1.29, 1.82) is 0 Å². The Morgan fingerprint density at radius 2 is 2.16 bits per heavy atom. The fourth-order valence-corrected chi connectivity index (χ4v) is 3.27. The fourth-order valence-electron chi connectivity index (χ4n) is 2.01. The van der Waals surface area contributed by atoms with Crippen molar-refractivity contribution in [2.75, 3.05) is 6.54 Å². The maximum absolute atomic E-state index is 4.52. The van der Waals surface area contributed by atoms with E-state index in [2.05, 4.69) is 54.2 Å². The zero-order valence-corrected chi connectivity index (χ0v) is 14.1. The number of aromatic nitrogens is 3. The van der Waals surface area contributed by atoms with Crippen LogP contribution >= 0.6 is 31.9 Å². The monoisotopic (exact) mass is 386 g/mol. The molecule has 6 heteroatoms. The molecule has 2 aromatic heterocycles. The number of hydrogen-bond donors (Lipinski definition) is 1. The predicted molar refractivity (Wildman–Crippen MR) is 83.0 cm³/mol. The number of likely N-dealkylation sites (N-methyl/N-ethyl adjacent to an activating group) is 1. The standard InChI is InChI=1S/C13H16Br2N4/c1-3-16-12(4-9-6-18-19(2)8-9)13-11(15)5-10(14)7-17-13/h5-8,12,16H,3-4H2,1-2H3. The molecule has 19 heavy (non-hydrogen) atoms. The summed E-state index contributed by atoms with van der Waals surface area (Å²) in [6.45, 7) is 3.00. The van der Waals surface area contributed by atoms with E-state index in [1.807, 2.05) is 36.4 Å². The van der Waals surface area contributed by atoms with Crippen molar-refractivity contribution >= 4 is 31.9 Å². The van der Waals surface area contributed by atoms with Gasteiger partial charge in [0.1, 0.15) is 0 Å². The summed E-state index contributed by atoms with van der Waals surface area (Å²) in [6.07, 6.45) is 6.64. The second kappa shape index (κ2) is 6.63. The average Bonchev–Trinajstić information content (AvgIpc) is 2.74. The minimum absolute atomic E-state index is 0.177. The Morgan fingerprint density at radius 3 is 2.74 bits per heavy atom. The van der Waals surface area contributed by atoms with E-state index in [0.717, 1.165) is 27.6 Å². The molecular formula is C13H16Br2N4. The molecule has 0 fully saturated rings. The van der Waals surface area contributed by atoms with E-state index in [0.29, 0.717) is 0 Å². The van der Waals surface area contributed by atoms with Gasteiger partial charge in [0.25, 0.3) is 0 Å². The third kappa shape index (κ3) is 3.87. The number of nitrogens with one attached hydrogen (secondary N) is 1. The van der Waals surface area contributed by atoms with E-state index < -0.39 is 0 Å². The number of rotatable bonds is 5. The van der Waals surface area contributed by atoms with Crippen LogP contribution in [-0.4, -0.2) is 21.3 Å². The number of halogens is 2. The first-order valence-corrected chi connectivity index (χ1v) is 7.70. The Balaban J connectivity index is 2.23. The molecule has 0 saturated heterocycles. The topological polar surface area (TPSA) is 42.7 Å². The Labute approximate surface area is 129 Å². The Hall–Kier alpha value is -0.720. The molecule has 102 valence electrons. The Kier molecular flexibility index (Phi) is 5.13. The smallest absolute Gasteiger partial charge is 0.0719 e. The van der Waals surface area contributed by atoms with Gasteiger partial charge in [-0.3, -0.25) is 9.67 Å². The van der Waals surface area contributed by atoms with Gasteiger partial charge in [-0.1, -0.05) is 6.92 Å². The zero-order chi connectivity index (χ0) is 13.8. The summed E-state index contributed by atoms with van der Waals surface area (Å²) in [5.41, 5.74) is 2.22. The van der Waals surface area contributed by atoms with Crippen LogP contribution in [0.15, 0.2) is 33.6 Å². The molecule has 2 rings (SSSR count). The van der Waals surface area contributed by atoms with Crippen molar-refractivity contribution in [2.45, 2.75) is 19.4 Å². The molecule has 0 aliphatic heterocycles. The van der Waals surface area contributed by atoms with Gasteiger partial charge in [-0.15, -0.1) is 0 Å². The van der Waals surface area contributed by atoms with Gasteiger partial charge < -0.3 is 5.32 Å². The number of aryl methyl sites for hydroxylation is 1. The van der Waals surface area contributed by atoms with E-state index in [1.165, 1.54) is 5.56 Å². The lowest BCUT2D eigenvalue weighted by molar-refractivity contribution is 0.534. The van der Waals surface area contributed by atoms with Crippen LogP contribution in [0.3, 0.4) is 0 Å². The van der Waals surface area contributed by atoms with Crippen molar-refractivity contribution in [2.24, 2.45) is 7.05 Å². The van der Waals surface area contributed by atoms with Gasteiger partial charge in [0.15, 0.2) is 0 Å². The van der Waals surface area contributed by atoms with Crippen LogP contribution in [0.1, 0.15) is 24.2 Å². The first-order valence-electron chi connectivity index (χ1n) is 6.12. The molecule has 1 N–H and O–H groups in total. The zero-order valence-electron chi connectivity index (χ0n) is 10.9. The summed E-state index contributed by atoms with van der Waals surface area (Å²) >= 11 is 7.01. The van der Waals surface area contributed by atoms with Crippen LogP contribution in [0.25, 0.3) is 0 Å². The molecule has 2 heterocycles. The fraction of sp³-hybridized carbons (Fsp3) is 0.385. The number of nitrogens with zero attached hydrogens (tertiary/aromatic N) is 3. The third-order valence-electron chi connectivity index (χ3n) is 2.82. The molecule has 4 nitrogen and oxygen atoms in total. The number of pyridine rings is 1. The summed E-state index contributed by atoms with van der Waals surface area (Å²) in [7, 11) is 1.93. The summed E-state index contributed by atoms with van der Waals surface area (Å²) < 4.78 is 3.80.